The van der Waals surface area contributed by atoms with E-state index >= 15 is 0 Å². The van der Waals surface area contributed by atoms with Crippen molar-refractivity contribution in [3.63, 3.8) is 0 Å². The third kappa shape index (κ3) is 4.04. The lowest BCUT2D eigenvalue weighted by atomic mass is 10.1. The maximum absolute atomic E-state index is 13.2. The molecule has 2 N–H and O–H groups in total. The summed E-state index contributed by atoms with van der Waals surface area (Å²) < 4.78 is 40.3. The summed E-state index contributed by atoms with van der Waals surface area (Å²) in [6.45, 7) is 0.0343. The summed E-state index contributed by atoms with van der Waals surface area (Å²) in [6.07, 6.45) is -0.0950. The van der Waals surface area contributed by atoms with Gasteiger partial charge in [-0.15, -0.1) is 0 Å². The summed E-state index contributed by atoms with van der Waals surface area (Å²) in [7, 11) is -3.95. The molecule has 0 spiro atoms. The minimum absolute atomic E-state index is 0.0343. The molecule has 3 rings (SSSR count). The summed E-state index contributed by atoms with van der Waals surface area (Å²) in [5.74, 6) is -2.84. The number of carbonyl (C=O) groups is 2. The first kappa shape index (κ1) is 19.1. The molecule has 142 valence electrons. The highest BCUT2D eigenvalue weighted by Gasteiger charge is 2.35. The fourth-order valence-electron chi connectivity index (χ4n) is 2.70. The number of carboxylic acid groups (broad SMARTS) is 1. The molecule has 0 saturated carbocycles. The SMILES string of the molecule is O=C(O)C1CC(=O)N(c2ccc(S(=O)(=O)Nc3ccc(F)c(Cl)c3)cc2)C1. The number of nitrogens with zero attached hydrogens (tertiary/aromatic N) is 1. The summed E-state index contributed by atoms with van der Waals surface area (Å²) in [4.78, 5) is 24.2. The Bertz CT molecular complexity index is 1010. The third-order valence-corrected chi connectivity index (χ3v) is 5.79. The van der Waals surface area contributed by atoms with E-state index in [1.54, 1.807) is 0 Å². The fraction of sp³-hybridized carbons (Fsp3) is 0.176. The molecule has 0 bridgehead atoms. The van der Waals surface area contributed by atoms with Gasteiger partial charge in [0.1, 0.15) is 5.82 Å². The first-order chi connectivity index (χ1) is 12.7. The van der Waals surface area contributed by atoms with Crippen molar-refractivity contribution in [2.24, 2.45) is 5.92 Å². The number of rotatable bonds is 5. The Morgan fingerprint density at radius 3 is 2.44 bits per heavy atom. The molecule has 0 aliphatic carbocycles. The Morgan fingerprint density at radius 2 is 1.89 bits per heavy atom. The zero-order chi connectivity index (χ0) is 19.8. The second kappa shape index (κ2) is 7.16. The molecule has 2 aromatic rings. The van der Waals surface area contributed by atoms with E-state index in [-0.39, 0.29) is 34.5 Å². The van der Waals surface area contributed by atoms with Crippen LogP contribution in [-0.2, 0) is 19.6 Å². The van der Waals surface area contributed by atoms with Crippen LogP contribution in [0.3, 0.4) is 0 Å². The third-order valence-electron chi connectivity index (χ3n) is 4.10. The second-order valence-corrected chi connectivity index (χ2v) is 8.06. The molecule has 1 amide bonds. The van der Waals surface area contributed by atoms with Crippen LogP contribution in [0.15, 0.2) is 47.4 Å². The van der Waals surface area contributed by atoms with Gasteiger partial charge < -0.3 is 10.0 Å². The normalized spacial score (nSPS) is 17.2. The van der Waals surface area contributed by atoms with E-state index in [0.29, 0.717) is 5.69 Å². The second-order valence-electron chi connectivity index (χ2n) is 5.97. The van der Waals surface area contributed by atoms with Gasteiger partial charge in [0.15, 0.2) is 0 Å². The van der Waals surface area contributed by atoms with Crippen LogP contribution < -0.4 is 9.62 Å². The van der Waals surface area contributed by atoms with E-state index in [1.807, 2.05) is 0 Å². The Hall–Kier alpha value is -2.65. The maximum atomic E-state index is 13.2. The van der Waals surface area contributed by atoms with E-state index in [1.165, 1.54) is 35.2 Å². The minimum Gasteiger partial charge on any atom is -0.481 e. The van der Waals surface area contributed by atoms with Gasteiger partial charge >= 0.3 is 5.97 Å². The van der Waals surface area contributed by atoms with Gasteiger partial charge in [0, 0.05) is 18.7 Å². The molecule has 1 aliphatic rings. The van der Waals surface area contributed by atoms with Gasteiger partial charge in [0.2, 0.25) is 5.91 Å². The molecule has 27 heavy (non-hydrogen) atoms. The van der Waals surface area contributed by atoms with Gasteiger partial charge in [0.05, 0.1) is 21.5 Å². The van der Waals surface area contributed by atoms with E-state index in [0.717, 1.165) is 12.1 Å². The van der Waals surface area contributed by atoms with E-state index < -0.39 is 27.7 Å². The number of benzene rings is 2. The molecule has 1 heterocycles. The molecule has 1 fully saturated rings. The summed E-state index contributed by atoms with van der Waals surface area (Å²) >= 11 is 5.64. The lowest BCUT2D eigenvalue weighted by molar-refractivity contribution is -0.141. The van der Waals surface area contributed by atoms with Gasteiger partial charge in [0.25, 0.3) is 10.0 Å². The summed E-state index contributed by atoms with van der Waals surface area (Å²) in [6, 6.07) is 8.87. The zero-order valence-corrected chi connectivity index (χ0v) is 15.3. The summed E-state index contributed by atoms with van der Waals surface area (Å²) in [5, 5.41) is 8.81. The number of aliphatic carboxylic acids is 1. The Balaban J connectivity index is 1.79. The number of carboxylic acids is 1. The van der Waals surface area contributed by atoms with Crippen molar-refractivity contribution in [2.45, 2.75) is 11.3 Å². The van der Waals surface area contributed by atoms with Crippen LogP contribution in [-0.4, -0.2) is 31.9 Å². The fourth-order valence-corrected chi connectivity index (χ4v) is 3.93. The highest BCUT2D eigenvalue weighted by Crippen LogP contribution is 2.27. The number of hydrogen-bond acceptors (Lipinski definition) is 4. The number of carbonyl (C=O) groups excluding carboxylic acids is 1. The first-order valence-corrected chi connectivity index (χ1v) is 9.64. The van der Waals surface area contributed by atoms with Gasteiger partial charge in [-0.1, -0.05) is 11.6 Å². The van der Waals surface area contributed by atoms with Crippen molar-refractivity contribution in [1.82, 2.24) is 0 Å². The lowest BCUT2D eigenvalue weighted by Crippen LogP contribution is -2.25. The van der Waals surface area contributed by atoms with Gasteiger partial charge in [-0.3, -0.25) is 14.3 Å². The predicted molar refractivity (Wildman–Crippen MR) is 96.8 cm³/mol. The molecule has 7 nitrogen and oxygen atoms in total. The van der Waals surface area contributed by atoms with Crippen molar-refractivity contribution in [3.8, 4) is 0 Å². The van der Waals surface area contributed by atoms with Crippen LogP contribution in [0.2, 0.25) is 5.02 Å². The Morgan fingerprint density at radius 1 is 1.22 bits per heavy atom. The minimum atomic E-state index is -3.95. The van der Waals surface area contributed by atoms with Crippen LogP contribution in [0.25, 0.3) is 0 Å². The Labute approximate surface area is 159 Å². The highest BCUT2D eigenvalue weighted by molar-refractivity contribution is 7.92. The van der Waals surface area contributed by atoms with Crippen LogP contribution in [0.1, 0.15) is 6.42 Å². The largest absolute Gasteiger partial charge is 0.481 e. The average Bonchev–Trinajstić information content (AvgIpc) is 3.00. The molecule has 1 atom stereocenters. The topological polar surface area (TPSA) is 104 Å². The molecule has 0 radical (unpaired) electrons. The molecule has 10 heteroatoms. The molecule has 1 aliphatic heterocycles. The molecular weight excluding hydrogens is 399 g/mol. The van der Waals surface area contributed by atoms with Crippen molar-refractivity contribution in [3.05, 3.63) is 53.3 Å². The van der Waals surface area contributed by atoms with Crippen LogP contribution in [0, 0.1) is 11.7 Å². The van der Waals surface area contributed by atoms with Gasteiger partial charge in [-0.2, -0.15) is 0 Å². The average molecular weight is 413 g/mol. The number of hydrogen-bond donors (Lipinski definition) is 2. The maximum Gasteiger partial charge on any atom is 0.308 e. The standard InChI is InChI=1S/C17H14ClFN2O5S/c18-14-8-11(1-6-15(14)19)20-27(25,26)13-4-2-12(3-5-13)21-9-10(17(23)24)7-16(21)22/h1-6,8,10,20H,7,9H2,(H,23,24). The quantitative estimate of drug-likeness (QED) is 0.785. The first-order valence-electron chi connectivity index (χ1n) is 7.78. The van der Waals surface area contributed by atoms with Crippen molar-refractivity contribution in [2.75, 3.05) is 16.2 Å². The molecule has 1 unspecified atom stereocenters. The van der Waals surface area contributed by atoms with Crippen LogP contribution in [0.4, 0.5) is 15.8 Å². The van der Waals surface area contributed by atoms with Crippen molar-refractivity contribution in [1.29, 1.82) is 0 Å². The van der Waals surface area contributed by atoms with Gasteiger partial charge in [-0.25, -0.2) is 12.8 Å². The summed E-state index contributed by atoms with van der Waals surface area (Å²) in [5.41, 5.74) is 0.511. The number of anilines is 2. The van der Waals surface area contributed by atoms with Crippen molar-refractivity contribution >= 4 is 44.9 Å². The monoisotopic (exact) mass is 412 g/mol. The predicted octanol–water partition coefficient (Wildman–Crippen LogP) is 2.72. The highest BCUT2D eigenvalue weighted by atomic mass is 35.5. The van der Waals surface area contributed by atoms with Crippen LogP contribution >= 0.6 is 11.6 Å². The van der Waals surface area contributed by atoms with Crippen molar-refractivity contribution < 1.29 is 27.5 Å². The van der Waals surface area contributed by atoms with Gasteiger partial charge in [-0.05, 0) is 42.5 Å². The molecule has 1 saturated heterocycles. The number of amides is 1. The van der Waals surface area contributed by atoms with E-state index in [4.69, 9.17) is 16.7 Å². The lowest BCUT2D eigenvalue weighted by Gasteiger charge is -2.16. The molecule has 2 aromatic carbocycles. The zero-order valence-electron chi connectivity index (χ0n) is 13.7. The number of sulfonamides is 1. The van der Waals surface area contributed by atoms with E-state index in [2.05, 4.69) is 4.72 Å². The van der Waals surface area contributed by atoms with E-state index in [9.17, 15) is 22.4 Å². The van der Waals surface area contributed by atoms with Crippen LogP contribution in [0.5, 0.6) is 0 Å². The smallest absolute Gasteiger partial charge is 0.308 e. The number of nitrogens with one attached hydrogen (secondary N) is 1. The molecule has 0 aromatic heterocycles. The molecular formula is C17H14ClFN2O5S. The Kier molecular flexibility index (Phi) is 5.07. The number of halogens is 2.